The third-order valence-electron chi connectivity index (χ3n) is 3.94. The first kappa shape index (κ1) is 19.8. The van der Waals surface area contributed by atoms with E-state index in [2.05, 4.69) is 0 Å². The first-order valence-electron chi connectivity index (χ1n) is 8.55. The van der Waals surface area contributed by atoms with Crippen molar-refractivity contribution in [3.05, 3.63) is 77.9 Å². The van der Waals surface area contributed by atoms with Crippen molar-refractivity contribution in [3.8, 4) is 28.7 Å². The highest BCUT2D eigenvalue weighted by Gasteiger charge is 2.18. The third kappa shape index (κ3) is 4.84. The number of carbonyl (C=O) groups excluding carboxylic acids is 2. The van der Waals surface area contributed by atoms with Crippen LogP contribution in [-0.4, -0.2) is 31.3 Å². The van der Waals surface area contributed by atoms with Gasteiger partial charge >= 0.3 is 11.9 Å². The number of rotatable bonds is 6. The van der Waals surface area contributed by atoms with Gasteiger partial charge in [-0.1, -0.05) is 12.1 Å². The lowest BCUT2D eigenvalue weighted by Crippen LogP contribution is -2.12. The molecular weight excluding hydrogens is 376 g/mol. The topological polar surface area (TPSA) is 91.3 Å². The zero-order chi connectivity index (χ0) is 20.8. The lowest BCUT2D eigenvalue weighted by atomic mass is 10.2. The lowest BCUT2D eigenvalue weighted by molar-refractivity contribution is 0.0681. The Morgan fingerprint density at radius 3 is 1.72 bits per heavy atom. The number of hydrogen-bond donors (Lipinski definition) is 1. The van der Waals surface area contributed by atoms with Crippen LogP contribution in [0.1, 0.15) is 20.7 Å². The molecule has 0 saturated heterocycles. The van der Waals surface area contributed by atoms with Crippen LogP contribution in [0, 0.1) is 0 Å². The van der Waals surface area contributed by atoms with E-state index in [1.165, 1.54) is 44.6 Å². The first-order chi connectivity index (χ1) is 14.0. The molecule has 1 N–H and O–H groups in total. The standard InChI is InChI=1S/C22H18O7/c1-26-17-7-3-5-14(11-17)21(24)28-19-10-9-16(23)13-20(19)29-22(25)15-6-4-8-18(12-15)27-2/h3-13,23H,1-2H3. The highest BCUT2D eigenvalue weighted by molar-refractivity contribution is 5.93. The Balaban J connectivity index is 1.83. The van der Waals surface area contributed by atoms with E-state index >= 15 is 0 Å². The summed E-state index contributed by atoms with van der Waals surface area (Å²) in [6.45, 7) is 0. The van der Waals surface area contributed by atoms with Crippen molar-refractivity contribution in [2.24, 2.45) is 0 Å². The second-order valence-corrected chi connectivity index (χ2v) is 5.87. The fourth-order valence-corrected chi connectivity index (χ4v) is 2.48. The molecule has 0 bridgehead atoms. The molecular formula is C22H18O7. The number of methoxy groups -OCH3 is 2. The van der Waals surface area contributed by atoms with Gasteiger partial charge in [-0.25, -0.2) is 9.59 Å². The Kier molecular flexibility index (Phi) is 5.99. The lowest BCUT2D eigenvalue weighted by Gasteiger charge is -2.12. The Morgan fingerprint density at radius 1 is 0.690 bits per heavy atom. The van der Waals surface area contributed by atoms with E-state index in [0.717, 1.165) is 0 Å². The van der Waals surface area contributed by atoms with Gasteiger partial charge in [0.1, 0.15) is 17.2 Å². The number of aromatic hydroxyl groups is 1. The average Bonchev–Trinajstić information content (AvgIpc) is 2.75. The van der Waals surface area contributed by atoms with Gasteiger partial charge in [0.15, 0.2) is 11.5 Å². The molecule has 0 fully saturated rings. The smallest absolute Gasteiger partial charge is 0.343 e. The molecule has 0 unspecified atom stereocenters. The Morgan fingerprint density at radius 2 is 1.21 bits per heavy atom. The maximum absolute atomic E-state index is 12.5. The summed E-state index contributed by atoms with van der Waals surface area (Å²) < 4.78 is 20.9. The predicted octanol–water partition coefficient (Wildman–Crippen LogP) is 3.85. The number of carbonyl (C=O) groups is 2. The minimum Gasteiger partial charge on any atom is -0.508 e. The molecule has 0 aliphatic heterocycles. The van der Waals surface area contributed by atoms with E-state index in [1.54, 1.807) is 36.4 Å². The molecule has 148 valence electrons. The van der Waals surface area contributed by atoms with E-state index in [0.29, 0.717) is 11.5 Å². The molecule has 0 spiro atoms. The van der Waals surface area contributed by atoms with Gasteiger partial charge in [0.2, 0.25) is 0 Å². The van der Waals surface area contributed by atoms with Crippen molar-refractivity contribution in [2.75, 3.05) is 14.2 Å². The first-order valence-corrected chi connectivity index (χ1v) is 8.55. The van der Waals surface area contributed by atoms with Crippen molar-refractivity contribution in [1.29, 1.82) is 0 Å². The van der Waals surface area contributed by atoms with Gasteiger partial charge in [-0.3, -0.25) is 0 Å². The molecule has 3 aromatic carbocycles. The van der Waals surface area contributed by atoms with E-state index in [4.69, 9.17) is 18.9 Å². The Labute approximate surface area is 167 Å². The maximum atomic E-state index is 12.5. The van der Waals surface area contributed by atoms with Crippen LogP contribution in [0.4, 0.5) is 0 Å². The van der Waals surface area contributed by atoms with Gasteiger partial charge in [0.25, 0.3) is 0 Å². The van der Waals surface area contributed by atoms with Gasteiger partial charge < -0.3 is 24.1 Å². The molecule has 0 atom stereocenters. The van der Waals surface area contributed by atoms with Crippen LogP contribution >= 0.6 is 0 Å². The fourth-order valence-electron chi connectivity index (χ4n) is 2.48. The molecule has 0 aliphatic rings. The number of benzene rings is 3. The molecule has 0 aromatic heterocycles. The molecule has 0 saturated carbocycles. The van der Waals surface area contributed by atoms with E-state index in [9.17, 15) is 14.7 Å². The summed E-state index contributed by atoms with van der Waals surface area (Å²) in [7, 11) is 2.97. The second kappa shape index (κ2) is 8.79. The highest BCUT2D eigenvalue weighted by atomic mass is 16.6. The van der Waals surface area contributed by atoms with Crippen molar-refractivity contribution in [1.82, 2.24) is 0 Å². The van der Waals surface area contributed by atoms with Crippen LogP contribution in [0.25, 0.3) is 0 Å². The number of esters is 2. The van der Waals surface area contributed by atoms with Gasteiger partial charge in [-0.05, 0) is 48.5 Å². The molecule has 7 heteroatoms. The summed E-state index contributed by atoms with van der Waals surface area (Å²) in [4.78, 5) is 24.9. The van der Waals surface area contributed by atoms with Crippen LogP contribution in [0.15, 0.2) is 66.7 Å². The predicted molar refractivity (Wildman–Crippen MR) is 104 cm³/mol. The zero-order valence-electron chi connectivity index (χ0n) is 15.7. The summed E-state index contributed by atoms with van der Waals surface area (Å²) in [5.41, 5.74) is 0.486. The molecule has 3 rings (SSSR count). The highest BCUT2D eigenvalue weighted by Crippen LogP contribution is 2.32. The molecule has 29 heavy (non-hydrogen) atoms. The van der Waals surface area contributed by atoms with Crippen molar-refractivity contribution < 1.29 is 33.6 Å². The summed E-state index contributed by atoms with van der Waals surface area (Å²) >= 11 is 0. The number of ether oxygens (including phenoxy) is 4. The molecule has 0 aliphatic carbocycles. The van der Waals surface area contributed by atoms with E-state index in [-0.39, 0.29) is 28.4 Å². The fraction of sp³-hybridized carbons (Fsp3) is 0.0909. The van der Waals surface area contributed by atoms with E-state index < -0.39 is 11.9 Å². The zero-order valence-corrected chi connectivity index (χ0v) is 15.7. The van der Waals surface area contributed by atoms with Crippen molar-refractivity contribution in [2.45, 2.75) is 0 Å². The van der Waals surface area contributed by atoms with Gasteiger partial charge in [-0.2, -0.15) is 0 Å². The van der Waals surface area contributed by atoms with Crippen LogP contribution in [0.3, 0.4) is 0 Å². The van der Waals surface area contributed by atoms with Crippen LogP contribution in [0.5, 0.6) is 28.7 Å². The SMILES string of the molecule is COc1cccc(C(=O)Oc2ccc(O)cc2OC(=O)c2cccc(OC)c2)c1. The second-order valence-electron chi connectivity index (χ2n) is 5.87. The van der Waals surface area contributed by atoms with Gasteiger partial charge in [0, 0.05) is 6.07 Å². The van der Waals surface area contributed by atoms with Crippen molar-refractivity contribution in [3.63, 3.8) is 0 Å². The van der Waals surface area contributed by atoms with Crippen LogP contribution < -0.4 is 18.9 Å². The van der Waals surface area contributed by atoms with E-state index in [1.807, 2.05) is 0 Å². The normalized spacial score (nSPS) is 10.1. The van der Waals surface area contributed by atoms with Gasteiger partial charge in [0.05, 0.1) is 25.3 Å². The molecule has 0 heterocycles. The summed E-state index contributed by atoms with van der Waals surface area (Å²) in [5, 5.41) is 9.75. The Bertz CT molecular complexity index is 1040. The molecule has 0 radical (unpaired) electrons. The average molecular weight is 394 g/mol. The molecule has 3 aromatic rings. The summed E-state index contributed by atoms with van der Waals surface area (Å²) in [6, 6.07) is 16.6. The third-order valence-corrected chi connectivity index (χ3v) is 3.94. The quantitative estimate of drug-likeness (QED) is 0.502. The monoisotopic (exact) mass is 394 g/mol. The number of hydrogen-bond acceptors (Lipinski definition) is 7. The minimum atomic E-state index is -0.701. The number of phenolic OH excluding ortho intramolecular Hbond substituents is 1. The van der Waals surface area contributed by atoms with Gasteiger partial charge in [-0.15, -0.1) is 0 Å². The summed E-state index contributed by atoms with van der Waals surface area (Å²) in [6.07, 6.45) is 0. The maximum Gasteiger partial charge on any atom is 0.343 e. The largest absolute Gasteiger partial charge is 0.508 e. The van der Waals surface area contributed by atoms with Crippen LogP contribution in [0.2, 0.25) is 0 Å². The Hall–Kier alpha value is -4.00. The van der Waals surface area contributed by atoms with Crippen molar-refractivity contribution >= 4 is 11.9 Å². The minimum absolute atomic E-state index is 0.0214. The number of phenols is 1. The van der Waals surface area contributed by atoms with Crippen LogP contribution in [-0.2, 0) is 0 Å². The molecule has 7 nitrogen and oxygen atoms in total. The summed E-state index contributed by atoms with van der Waals surface area (Å²) in [5.74, 6) is -0.670. The molecule has 0 amide bonds.